The van der Waals surface area contributed by atoms with Crippen LogP contribution in [0.4, 0.5) is 18.0 Å². The van der Waals surface area contributed by atoms with Crippen LogP contribution in [0.2, 0.25) is 0 Å². The second kappa shape index (κ2) is 7.09. The molecule has 1 aromatic carbocycles. The lowest BCUT2D eigenvalue weighted by molar-refractivity contribution is -0.137. The quantitative estimate of drug-likeness (QED) is 0.703. The number of carboxylic acid groups (broad SMARTS) is 1. The Morgan fingerprint density at radius 3 is 2.32 bits per heavy atom. The molecule has 2 N–H and O–H groups in total. The zero-order valence-corrected chi connectivity index (χ0v) is 15.4. The number of nitrogens with one attached hydrogen (secondary N) is 1. The Labute approximate surface area is 150 Å². The highest BCUT2D eigenvalue weighted by Crippen LogP contribution is 2.46. The molecule has 3 nitrogen and oxygen atoms in total. The fraction of sp³-hybridized carbons (Fsp3) is 0.611. The van der Waals surface area contributed by atoms with Crippen LogP contribution >= 0.6 is 11.8 Å². The van der Waals surface area contributed by atoms with E-state index in [2.05, 4.69) is 5.32 Å². The van der Waals surface area contributed by atoms with Crippen molar-refractivity contribution in [2.45, 2.75) is 68.3 Å². The molecule has 2 rings (SSSR count). The molecule has 0 atom stereocenters. The monoisotopic (exact) mass is 375 g/mol. The van der Waals surface area contributed by atoms with Crippen LogP contribution in [0, 0.1) is 5.41 Å². The zero-order chi connectivity index (χ0) is 18.9. The third-order valence-corrected chi connectivity index (χ3v) is 6.36. The number of hydrogen-bond donors (Lipinski definition) is 2. The predicted molar refractivity (Wildman–Crippen MR) is 92.9 cm³/mol. The lowest BCUT2D eigenvalue weighted by atomic mass is 9.65. The summed E-state index contributed by atoms with van der Waals surface area (Å²) in [6.45, 7) is 6.05. The van der Waals surface area contributed by atoms with Crippen LogP contribution in [-0.4, -0.2) is 22.0 Å². The Hall–Kier alpha value is -1.37. The van der Waals surface area contributed by atoms with E-state index in [0.717, 1.165) is 18.9 Å². The van der Waals surface area contributed by atoms with Gasteiger partial charge >= 0.3 is 12.3 Å². The lowest BCUT2D eigenvalue weighted by Crippen LogP contribution is -2.58. The molecule has 0 spiro atoms. The van der Waals surface area contributed by atoms with Gasteiger partial charge in [-0.2, -0.15) is 13.2 Å². The van der Waals surface area contributed by atoms with E-state index < -0.39 is 23.4 Å². The van der Waals surface area contributed by atoms with Gasteiger partial charge in [-0.15, -0.1) is 11.8 Å². The number of benzene rings is 1. The van der Waals surface area contributed by atoms with Crippen molar-refractivity contribution in [3.8, 4) is 0 Å². The van der Waals surface area contributed by atoms with Gasteiger partial charge in [-0.3, -0.25) is 0 Å². The Balaban J connectivity index is 2.06. The van der Waals surface area contributed by atoms with Gasteiger partial charge in [0.25, 0.3) is 0 Å². The molecule has 1 amide bonds. The molecule has 1 saturated carbocycles. The van der Waals surface area contributed by atoms with Crippen LogP contribution in [0.15, 0.2) is 29.2 Å². The lowest BCUT2D eigenvalue weighted by Gasteiger charge is -2.48. The Morgan fingerprint density at radius 2 is 1.84 bits per heavy atom. The van der Waals surface area contributed by atoms with Gasteiger partial charge in [-0.1, -0.05) is 26.8 Å². The maximum Gasteiger partial charge on any atom is 0.416 e. The third kappa shape index (κ3) is 4.84. The van der Waals surface area contributed by atoms with Crippen LogP contribution in [0.1, 0.15) is 52.0 Å². The van der Waals surface area contributed by atoms with E-state index in [1.807, 2.05) is 20.8 Å². The molecule has 0 bridgehead atoms. The highest BCUT2D eigenvalue weighted by atomic mass is 32.2. The summed E-state index contributed by atoms with van der Waals surface area (Å²) >= 11 is 1.45. The van der Waals surface area contributed by atoms with Crippen molar-refractivity contribution in [1.29, 1.82) is 0 Å². The Kier molecular flexibility index (Phi) is 5.66. The molecule has 0 unspecified atom stereocenters. The van der Waals surface area contributed by atoms with Crippen LogP contribution in [0.25, 0.3) is 0 Å². The van der Waals surface area contributed by atoms with Crippen LogP contribution < -0.4 is 5.32 Å². The van der Waals surface area contributed by atoms with Gasteiger partial charge in [0.1, 0.15) is 0 Å². The number of thioether (sulfide) groups is 1. The van der Waals surface area contributed by atoms with Crippen molar-refractivity contribution in [3.63, 3.8) is 0 Å². The molecule has 0 aliphatic heterocycles. The second-order valence-electron chi connectivity index (χ2n) is 7.61. The summed E-state index contributed by atoms with van der Waals surface area (Å²) in [5, 5.41) is 12.1. The van der Waals surface area contributed by atoms with Crippen molar-refractivity contribution in [2.24, 2.45) is 5.41 Å². The summed E-state index contributed by atoms with van der Waals surface area (Å²) in [5.74, 6) is 0. The first-order valence-corrected chi connectivity index (χ1v) is 9.16. The maximum absolute atomic E-state index is 12.8. The highest BCUT2D eigenvalue weighted by molar-refractivity contribution is 8.00. The second-order valence-corrected chi connectivity index (χ2v) is 8.98. The van der Waals surface area contributed by atoms with Crippen molar-refractivity contribution in [3.05, 3.63) is 29.8 Å². The zero-order valence-electron chi connectivity index (χ0n) is 14.6. The summed E-state index contributed by atoms with van der Waals surface area (Å²) in [4.78, 5) is 11.8. The first-order chi connectivity index (χ1) is 11.4. The molecule has 1 aliphatic rings. The normalized spacial score (nSPS) is 24.8. The molecular formula is C18H24F3NO2S. The van der Waals surface area contributed by atoms with Crippen molar-refractivity contribution >= 4 is 17.9 Å². The van der Waals surface area contributed by atoms with Crippen LogP contribution in [0.5, 0.6) is 0 Å². The van der Waals surface area contributed by atoms with E-state index in [1.54, 1.807) is 6.07 Å². The summed E-state index contributed by atoms with van der Waals surface area (Å²) in [6, 6.07) is 5.39. The van der Waals surface area contributed by atoms with E-state index >= 15 is 0 Å². The summed E-state index contributed by atoms with van der Waals surface area (Å²) < 4.78 is 38.5. The number of carbonyl (C=O) groups is 1. The van der Waals surface area contributed by atoms with Crippen LogP contribution in [0.3, 0.4) is 0 Å². The molecule has 0 heterocycles. The topological polar surface area (TPSA) is 49.3 Å². The number of alkyl halides is 3. The first-order valence-electron chi connectivity index (χ1n) is 8.28. The standard InChI is InChI=1S/C18H24F3NO2S/c1-16(2,3)17(22-15(23)24)9-7-13(8-10-17)25-14-6-4-5-12(11-14)18(19,20)21/h4-6,11,13,22H,7-10H2,1-3H3,(H,23,24). The molecular weight excluding hydrogens is 351 g/mol. The Bertz CT molecular complexity index is 617. The predicted octanol–water partition coefficient (Wildman–Crippen LogP) is 5.79. The molecule has 1 aliphatic carbocycles. The van der Waals surface area contributed by atoms with Gasteiger partial charge in [0.15, 0.2) is 0 Å². The van der Waals surface area contributed by atoms with Crippen LogP contribution in [-0.2, 0) is 6.18 Å². The molecule has 1 aromatic rings. The SMILES string of the molecule is CC(C)(C)C1(NC(=O)O)CCC(Sc2cccc(C(F)(F)F)c2)CC1. The number of rotatable bonds is 3. The number of hydrogen-bond acceptors (Lipinski definition) is 2. The highest BCUT2D eigenvalue weighted by Gasteiger charge is 2.45. The largest absolute Gasteiger partial charge is 0.465 e. The summed E-state index contributed by atoms with van der Waals surface area (Å²) in [5.41, 5.74) is -1.36. The summed E-state index contributed by atoms with van der Waals surface area (Å²) in [6.07, 6.45) is -2.48. The smallest absolute Gasteiger partial charge is 0.416 e. The van der Waals surface area contributed by atoms with E-state index in [0.29, 0.717) is 17.7 Å². The fourth-order valence-electron chi connectivity index (χ4n) is 3.41. The van der Waals surface area contributed by atoms with Gasteiger partial charge in [0, 0.05) is 15.7 Å². The van der Waals surface area contributed by atoms with E-state index in [-0.39, 0.29) is 10.7 Å². The van der Waals surface area contributed by atoms with Gasteiger partial charge < -0.3 is 10.4 Å². The molecule has 0 radical (unpaired) electrons. The third-order valence-electron chi connectivity index (χ3n) is 5.03. The first kappa shape index (κ1) is 19.9. The molecule has 7 heteroatoms. The number of halogens is 3. The van der Waals surface area contributed by atoms with E-state index in [9.17, 15) is 23.1 Å². The maximum atomic E-state index is 12.8. The summed E-state index contributed by atoms with van der Waals surface area (Å²) in [7, 11) is 0. The minimum atomic E-state index is -4.34. The van der Waals surface area contributed by atoms with E-state index in [1.165, 1.54) is 23.9 Å². The average molecular weight is 375 g/mol. The minimum Gasteiger partial charge on any atom is -0.465 e. The molecule has 0 saturated heterocycles. The Morgan fingerprint density at radius 1 is 1.24 bits per heavy atom. The molecule has 140 valence electrons. The van der Waals surface area contributed by atoms with Crippen molar-refractivity contribution in [1.82, 2.24) is 5.32 Å². The van der Waals surface area contributed by atoms with Gasteiger partial charge in [0.05, 0.1) is 5.56 Å². The minimum absolute atomic E-state index is 0.189. The number of amides is 1. The van der Waals surface area contributed by atoms with Crippen molar-refractivity contribution in [2.75, 3.05) is 0 Å². The molecule has 25 heavy (non-hydrogen) atoms. The average Bonchev–Trinajstić information content (AvgIpc) is 2.47. The molecule has 0 aromatic heterocycles. The van der Waals surface area contributed by atoms with E-state index in [4.69, 9.17) is 0 Å². The van der Waals surface area contributed by atoms with Gasteiger partial charge in [0.2, 0.25) is 0 Å². The van der Waals surface area contributed by atoms with Crippen molar-refractivity contribution < 1.29 is 23.1 Å². The van der Waals surface area contributed by atoms with Gasteiger partial charge in [-0.05, 0) is 49.3 Å². The fourth-order valence-corrected chi connectivity index (χ4v) is 4.62. The molecule has 1 fully saturated rings. The van der Waals surface area contributed by atoms with Gasteiger partial charge in [-0.25, -0.2) is 4.79 Å².